The highest BCUT2D eigenvalue weighted by Crippen LogP contribution is 2.09. The van der Waals surface area contributed by atoms with Gasteiger partial charge in [0.25, 0.3) is 0 Å². The van der Waals surface area contributed by atoms with Gasteiger partial charge in [0, 0.05) is 5.69 Å². The minimum atomic E-state index is -0.325. The highest BCUT2D eigenvalue weighted by Gasteiger charge is 2.04. The van der Waals surface area contributed by atoms with Crippen LogP contribution in [0.1, 0.15) is 10.6 Å². The number of benzene rings is 1. The van der Waals surface area contributed by atoms with Crippen LogP contribution in [0, 0.1) is 5.82 Å². The molecule has 1 aromatic carbocycles. The Labute approximate surface area is 79.0 Å². The molecule has 0 spiro atoms. The summed E-state index contributed by atoms with van der Waals surface area (Å²) in [7, 11) is 0. The van der Waals surface area contributed by atoms with Crippen molar-refractivity contribution in [2.45, 2.75) is 0 Å². The Bertz CT molecular complexity index is 449. The highest BCUT2D eigenvalue weighted by molar-refractivity contribution is 5.70. The first kappa shape index (κ1) is 8.55. The Kier molecular flexibility index (Phi) is 2.06. The number of hydrogen-bond donors (Lipinski definition) is 0. The van der Waals surface area contributed by atoms with Gasteiger partial charge in [-0.15, -0.1) is 10.2 Å². The van der Waals surface area contributed by atoms with E-state index in [1.165, 1.54) is 23.0 Å². The summed E-state index contributed by atoms with van der Waals surface area (Å²) in [6.07, 6.45) is 1.99. The van der Waals surface area contributed by atoms with Gasteiger partial charge >= 0.3 is 0 Å². The first-order chi connectivity index (χ1) is 6.81. The van der Waals surface area contributed by atoms with E-state index in [1.807, 2.05) is 0 Å². The SMILES string of the molecule is O=Cc1nncn1-c1ccc(F)cc1. The Morgan fingerprint density at radius 3 is 2.64 bits per heavy atom. The quantitative estimate of drug-likeness (QED) is 0.670. The van der Waals surface area contributed by atoms with Gasteiger partial charge in [0.1, 0.15) is 12.1 Å². The van der Waals surface area contributed by atoms with Crippen molar-refractivity contribution in [2.75, 3.05) is 0 Å². The average Bonchev–Trinajstić information content (AvgIpc) is 2.67. The Morgan fingerprint density at radius 2 is 2.00 bits per heavy atom. The van der Waals surface area contributed by atoms with Crippen molar-refractivity contribution in [3.8, 4) is 5.69 Å². The number of carbonyl (C=O) groups is 1. The summed E-state index contributed by atoms with van der Waals surface area (Å²) < 4.78 is 14.1. The maximum atomic E-state index is 12.6. The van der Waals surface area contributed by atoms with Crippen molar-refractivity contribution in [2.24, 2.45) is 0 Å². The molecule has 1 heterocycles. The van der Waals surface area contributed by atoms with Gasteiger partial charge in [-0.3, -0.25) is 9.36 Å². The van der Waals surface area contributed by atoms with Crippen LogP contribution in [0.3, 0.4) is 0 Å². The van der Waals surface area contributed by atoms with E-state index in [2.05, 4.69) is 10.2 Å². The van der Waals surface area contributed by atoms with Gasteiger partial charge in [0.15, 0.2) is 6.29 Å². The fourth-order valence-corrected chi connectivity index (χ4v) is 1.12. The largest absolute Gasteiger partial charge is 0.294 e. The standard InChI is InChI=1S/C9H6FN3O/c10-7-1-3-8(4-2-7)13-6-11-12-9(13)5-14/h1-6H. The second kappa shape index (κ2) is 3.37. The lowest BCUT2D eigenvalue weighted by Crippen LogP contribution is -1.98. The van der Waals surface area contributed by atoms with Crippen LogP contribution in [0.2, 0.25) is 0 Å². The summed E-state index contributed by atoms with van der Waals surface area (Å²) in [5.41, 5.74) is 0.651. The van der Waals surface area contributed by atoms with Crippen LogP contribution >= 0.6 is 0 Å². The molecule has 0 aliphatic rings. The number of hydrogen-bond acceptors (Lipinski definition) is 3. The zero-order valence-electron chi connectivity index (χ0n) is 7.09. The van der Waals surface area contributed by atoms with Gasteiger partial charge in [-0.2, -0.15) is 0 Å². The molecule has 0 saturated heterocycles. The normalized spacial score (nSPS) is 10.1. The molecule has 1 aromatic heterocycles. The zero-order chi connectivity index (χ0) is 9.97. The molecule has 70 valence electrons. The summed E-state index contributed by atoms with van der Waals surface area (Å²) >= 11 is 0. The third-order valence-corrected chi connectivity index (χ3v) is 1.78. The van der Waals surface area contributed by atoms with Crippen LogP contribution in [0.4, 0.5) is 4.39 Å². The van der Waals surface area contributed by atoms with E-state index >= 15 is 0 Å². The van der Waals surface area contributed by atoms with E-state index in [9.17, 15) is 9.18 Å². The Balaban J connectivity index is 2.49. The minimum Gasteiger partial charge on any atom is -0.294 e. The summed E-state index contributed by atoms with van der Waals surface area (Å²) in [5, 5.41) is 7.16. The van der Waals surface area contributed by atoms with Crippen molar-refractivity contribution in [1.82, 2.24) is 14.8 Å². The van der Waals surface area contributed by atoms with E-state index in [0.29, 0.717) is 12.0 Å². The number of aromatic nitrogens is 3. The van der Waals surface area contributed by atoms with Crippen molar-refractivity contribution < 1.29 is 9.18 Å². The lowest BCUT2D eigenvalue weighted by atomic mass is 10.3. The molecule has 0 unspecified atom stereocenters. The lowest BCUT2D eigenvalue weighted by molar-refractivity contribution is 0.111. The molecule has 2 rings (SSSR count). The molecule has 0 radical (unpaired) electrons. The maximum Gasteiger partial charge on any atom is 0.201 e. The summed E-state index contributed by atoms with van der Waals surface area (Å²) in [6.45, 7) is 0. The van der Waals surface area contributed by atoms with Crippen LogP contribution in [-0.2, 0) is 0 Å². The van der Waals surface area contributed by atoms with Gasteiger partial charge in [-0.25, -0.2) is 4.39 Å². The molecule has 5 heteroatoms. The second-order valence-corrected chi connectivity index (χ2v) is 2.65. The number of carbonyl (C=O) groups excluding carboxylic acids is 1. The fraction of sp³-hybridized carbons (Fsp3) is 0. The predicted octanol–water partition coefficient (Wildman–Crippen LogP) is 1.22. The summed E-state index contributed by atoms with van der Waals surface area (Å²) in [6, 6.07) is 5.71. The minimum absolute atomic E-state index is 0.191. The van der Waals surface area contributed by atoms with E-state index in [0.717, 1.165) is 0 Å². The molecule has 0 amide bonds. The van der Waals surface area contributed by atoms with Crippen molar-refractivity contribution in [3.63, 3.8) is 0 Å². The zero-order valence-corrected chi connectivity index (χ0v) is 7.09. The number of aldehydes is 1. The lowest BCUT2D eigenvalue weighted by Gasteiger charge is -2.01. The number of rotatable bonds is 2. The Hall–Kier alpha value is -2.04. The third kappa shape index (κ3) is 1.39. The molecule has 0 fully saturated rings. The molecular weight excluding hydrogens is 185 g/mol. The molecule has 0 bridgehead atoms. The number of halogens is 1. The predicted molar refractivity (Wildman–Crippen MR) is 46.7 cm³/mol. The van der Waals surface area contributed by atoms with Crippen LogP contribution < -0.4 is 0 Å². The van der Waals surface area contributed by atoms with Crippen LogP contribution in [0.5, 0.6) is 0 Å². The molecule has 0 saturated carbocycles. The van der Waals surface area contributed by atoms with Crippen LogP contribution in [-0.4, -0.2) is 21.1 Å². The molecule has 0 N–H and O–H groups in total. The molecule has 2 aromatic rings. The molecule has 0 atom stereocenters. The maximum absolute atomic E-state index is 12.6. The van der Waals surface area contributed by atoms with Crippen LogP contribution in [0.15, 0.2) is 30.6 Å². The Morgan fingerprint density at radius 1 is 1.29 bits per heavy atom. The van der Waals surface area contributed by atoms with Gasteiger partial charge in [-0.05, 0) is 24.3 Å². The molecule has 0 aliphatic heterocycles. The van der Waals surface area contributed by atoms with Crippen molar-refractivity contribution in [1.29, 1.82) is 0 Å². The smallest absolute Gasteiger partial charge is 0.201 e. The summed E-state index contributed by atoms with van der Waals surface area (Å²) in [4.78, 5) is 10.5. The first-order valence-corrected chi connectivity index (χ1v) is 3.92. The molecule has 0 aliphatic carbocycles. The highest BCUT2D eigenvalue weighted by atomic mass is 19.1. The summed E-state index contributed by atoms with van der Waals surface area (Å²) in [5.74, 6) is -0.133. The molecular formula is C9H6FN3O. The average molecular weight is 191 g/mol. The van der Waals surface area contributed by atoms with Gasteiger partial charge in [-0.1, -0.05) is 0 Å². The fourth-order valence-electron chi connectivity index (χ4n) is 1.12. The monoisotopic (exact) mass is 191 g/mol. The number of nitrogens with zero attached hydrogens (tertiary/aromatic N) is 3. The first-order valence-electron chi connectivity index (χ1n) is 3.92. The van der Waals surface area contributed by atoms with E-state index in [4.69, 9.17) is 0 Å². The van der Waals surface area contributed by atoms with E-state index in [1.54, 1.807) is 12.1 Å². The van der Waals surface area contributed by atoms with Crippen molar-refractivity contribution in [3.05, 3.63) is 42.2 Å². The molecule has 4 nitrogen and oxygen atoms in total. The van der Waals surface area contributed by atoms with Crippen LogP contribution in [0.25, 0.3) is 5.69 Å². The van der Waals surface area contributed by atoms with Crippen molar-refractivity contribution >= 4 is 6.29 Å². The van der Waals surface area contributed by atoms with Gasteiger partial charge in [0.2, 0.25) is 5.82 Å². The second-order valence-electron chi connectivity index (χ2n) is 2.65. The van der Waals surface area contributed by atoms with Gasteiger partial charge < -0.3 is 0 Å². The van der Waals surface area contributed by atoms with Gasteiger partial charge in [0.05, 0.1) is 0 Å². The van der Waals surface area contributed by atoms with E-state index < -0.39 is 0 Å². The third-order valence-electron chi connectivity index (χ3n) is 1.78. The molecule has 14 heavy (non-hydrogen) atoms. The van der Waals surface area contributed by atoms with E-state index in [-0.39, 0.29) is 11.6 Å². The topological polar surface area (TPSA) is 47.8 Å².